The van der Waals surface area contributed by atoms with E-state index in [0.29, 0.717) is 11.3 Å². The minimum absolute atomic E-state index is 0.0244. The lowest BCUT2D eigenvalue weighted by Crippen LogP contribution is -2.09. The number of benzene rings is 1. The van der Waals surface area contributed by atoms with Gasteiger partial charge >= 0.3 is 0 Å². The Kier molecular flexibility index (Phi) is 3.68. The Balaban J connectivity index is 3.09. The molecule has 84 valence electrons. The largest absolute Gasteiger partial charge is 0.399 e. The van der Waals surface area contributed by atoms with Gasteiger partial charge in [-0.3, -0.25) is 4.39 Å². The first-order valence-electron chi connectivity index (χ1n) is 4.62. The lowest BCUT2D eigenvalue weighted by molar-refractivity contribution is 0.484. The van der Waals surface area contributed by atoms with E-state index in [-0.39, 0.29) is 17.1 Å². The van der Waals surface area contributed by atoms with Crippen molar-refractivity contribution in [2.45, 2.75) is 18.2 Å². The number of anilines is 1. The molecule has 3 nitrogen and oxygen atoms in total. The van der Waals surface area contributed by atoms with Crippen LogP contribution in [0.2, 0.25) is 0 Å². The summed E-state index contributed by atoms with van der Waals surface area (Å²) in [5.74, 6) is -0.173. The highest BCUT2D eigenvalue weighted by atomic mass is 32.2. The van der Waals surface area contributed by atoms with Crippen LogP contribution in [0.1, 0.15) is 12.0 Å². The number of alkyl halides is 1. The van der Waals surface area contributed by atoms with Crippen LogP contribution in [0.25, 0.3) is 0 Å². The van der Waals surface area contributed by atoms with Crippen molar-refractivity contribution in [3.63, 3.8) is 0 Å². The van der Waals surface area contributed by atoms with Gasteiger partial charge in [0.25, 0.3) is 0 Å². The molecule has 1 rings (SSSR count). The molecular formula is C10H14FNO2S. The third-order valence-electron chi connectivity index (χ3n) is 2.09. The van der Waals surface area contributed by atoms with Crippen LogP contribution in [0.4, 0.5) is 10.1 Å². The molecule has 2 N–H and O–H groups in total. The second-order valence-electron chi connectivity index (χ2n) is 3.39. The molecular weight excluding hydrogens is 217 g/mol. The van der Waals surface area contributed by atoms with Crippen LogP contribution in [0, 0.1) is 6.92 Å². The van der Waals surface area contributed by atoms with Crippen LogP contribution in [-0.2, 0) is 9.84 Å². The first kappa shape index (κ1) is 12.0. The Morgan fingerprint density at radius 3 is 2.67 bits per heavy atom. The van der Waals surface area contributed by atoms with Gasteiger partial charge in [0.2, 0.25) is 0 Å². The average molecular weight is 231 g/mol. The Hall–Kier alpha value is -1.10. The predicted molar refractivity (Wildman–Crippen MR) is 58.2 cm³/mol. The normalized spacial score (nSPS) is 11.6. The molecule has 0 amide bonds. The Labute approximate surface area is 89.0 Å². The predicted octanol–water partition coefficient (Wildman–Crippen LogP) is 1.71. The molecule has 0 aliphatic carbocycles. The van der Waals surface area contributed by atoms with E-state index < -0.39 is 16.5 Å². The topological polar surface area (TPSA) is 60.2 Å². The van der Waals surface area contributed by atoms with E-state index >= 15 is 0 Å². The van der Waals surface area contributed by atoms with Crippen LogP contribution in [0.5, 0.6) is 0 Å². The quantitative estimate of drug-likeness (QED) is 0.802. The van der Waals surface area contributed by atoms with Gasteiger partial charge in [-0.1, -0.05) is 6.07 Å². The molecule has 0 saturated heterocycles. The van der Waals surface area contributed by atoms with E-state index in [9.17, 15) is 12.8 Å². The summed E-state index contributed by atoms with van der Waals surface area (Å²) >= 11 is 0. The van der Waals surface area contributed by atoms with Gasteiger partial charge in [0.05, 0.1) is 17.3 Å². The van der Waals surface area contributed by atoms with Gasteiger partial charge in [0.15, 0.2) is 9.84 Å². The van der Waals surface area contributed by atoms with E-state index in [4.69, 9.17) is 5.73 Å². The van der Waals surface area contributed by atoms with Gasteiger partial charge in [0, 0.05) is 5.69 Å². The molecule has 1 aromatic rings. The zero-order valence-electron chi connectivity index (χ0n) is 8.53. The van der Waals surface area contributed by atoms with Gasteiger partial charge in [-0.25, -0.2) is 8.42 Å². The van der Waals surface area contributed by atoms with Crippen LogP contribution in [-0.4, -0.2) is 20.8 Å². The lowest BCUT2D eigenvalue weighted by Gasteiger charge is -2.07. The van der Waals surface area contributed by atoms with Gasteiger partial charge in [-0.05, 0) is 31.0 Å². The number of hydrogen-bond donors (Lipinski definition) is 1. The molecule has 0 aliphatic rings. The Bertz CT molecular complexity index is 443. The van der Waals surface area contributed by atoms with Crippen molar-refractivity contribution >= 4 is 15.5 Å². The molecule has 1 aromatic carbocycles. The van der Waals surface area contributed by atoms with Crippen molar-refractivity contribution in [2.24, 2.45) is 0 Å². The summed E-state index contributed by atoms with van der Waals surface area (Å²) in [7, 11) is -3.40. The summed E-state index contributed by atoms with van der Waals surface area (Å²) < 4.78 is 35.4. The molecule has 0 fully saturated rings. The minimum atomic E-state index is -3.40. The number of rotatable bonds is 4. The SMILES string of the molecule is Cc1ccc(N)cc1S(=O)(=O)CCCF. The molecule has 0 aromatic heterocycles. The van der Waals surface area contributed by atoms with Crippen molar-refractivity contribution in [1.29, 1.82) is 0 Å². The number of aryl methyl sites for hydroxylation is 1. The standard InChI is InChI=1S/C10H14FNO2S/c1-8-3-4-9(12)7-10(8)15(13,14)6-2-5-11/h3-4,7H,2,5-6,12H2,1H3. The molecule has 0 aliphatic heterocycles. The third kappa shape index (κ3) is 2.92. The molecule has 0 atom stereocenters. The van der Waals surface area contributed by atoms with Gasteiger partial charge in [-0.15, -0.1) is 0 Å². The Morgan fingerprint density at radius 1 is 1.40 bits per heavy atom. The van der Waals surface area contributed by atoms with E-state index in [1.54, 1.807) is 19.1 Å². The van der Waals surface area contributed by atoms with Crippen molar-refractivity contribution in [3.8, 4) is 0 Å². The molecule has 0 unspecified atom stereocenters. The van der Waals surface area contributed by atoms with Gasteiger partial charge < -0.3 is 5.73 Å². The van der Waals surface area contributed by atoms with Gasteiger partial charge in [0.1, 0.15) is 0 Å². The lowest BCUT2D eigenvalue weighted by atomic mass is 10.2. The molecule has 15 heavy (non-hydrogen) atoms. The van der Waals surface area contributed by atoms with Crippen LogP contribution >= 0.6 is 0 Å². The monoisotopic (exact) mass is 231 g/mol. The summed E-state index contributed by atoms with van der Waals surface area (Å²) in [6, 6.07) is 4.71. The fourth-order valence-corrected chi connectivity index (χ4v) is 2.89. The third-order valence-corrected chi connectivity index (χ3v) is 4.03. The maximum absolute atomic E-state index is 11.9. The van der Waals surface area contributed by atoms with Crippen molar-refractivity contribution < 1.29 is 12.8 Å². The molecule has 0 radical (unpaired) electrons. The second-order valence-corrected chi connectivity index (χ2v) is 5.46. The average Bonchev–Trinajstić information content (AvgIpc) is 2.18. The molecule has 0 spiro atoms. The maximum Gasteiger partial charge on any atom is 0.178 e. The van der Waals surface area contributed by atoms with E-state index in [2.05, 4.69) is 0 Å². The van der Waals surface area contributed by atoms with E-state index in [1.807, 2.05) is 0 Å². The zero-order chi connectivity index (χ0) is 11.5. The maximum atomic E-state index is 11.9. The number of nitrogen functional groups attached to an aromatic ring is 1. The highest BCUT2D eigenvalue weighted by molar-refractivity contribution is 7.91. The summed E-state index contributed by atoms with van der Waals surface area (Å²) in [5.41, 5.74) is 6.56. The van der Waals surface area contributed by atoms with Crippen molar-refractivity contribution in [3.05, 3.63) is 23.8 Å². The van der Waals surface area contributed by atoms with Crippen molar-refractivity contribution in [2.75, 3.05) is 18.2 Å². The van der Waals surface area contributed by atoms with Crippen LogP contribution < -0.4 is 5.73 Å². The van der Waals surface area contributed by atoms with Crippen LogP contribution in [0.3, 0.4) is 0 Å². The molecule has 5 heteroatoms. The summed E-state index contributed by atoms with van der Waals surface area (Å²) in [6.45, 7) is 1.07. The first-order valence-corrected chi connectivity index (χ1v) is 6.27. The highest BCUT2D eigenvalue weighted by Crippen LogP contribution is 2.20. The van der Waals surface area contributed by atoms with E-state index in [1.165, 1.54) is 6.07 Å². The summed E-state index contributed by atoms with van der Waals surface area (Å²) in [5, 5.41) is 0. The fourth-order valence-electron chi connectivity index (χ4n) is 1.31. The van der Waals surface area contributed by atoms with Crippen molar-refractivity contribution in [1.82, 2.24) is 0 Å². The summed E-state index contributed by atoms with van der Waals surface area (Å²) in [4.78, 5) is 0.205. The number of hydrogen-bond acceptors (Lipinski definition) is 3. The minimum Gasteiger partial charge on any atom is -0.399 e. The highest BCUT2D eigenvalue weighted by Gasteiger charge is 2.16. The van der Waals surface area contributed by atoms with Crippen LogP contribution in [0.15, 0.2) is 23.1 Å². The second kappa shape index (κ2) is 4.61. The number of halogens is 1. The molecule has 0 saturated carbocycles. The zero-order valence-corrected chi connectivity index (χ0v) is 9.35. The smallest absolute Gasteiger partial charge is 0.178 e. The molecule has 0 heterocycles. The molecule has 0 bridgehead atoms. The fraction of sp³-hybridized carbons (Fsp3) is 0.400. The Morgan fingerprint density at radius 2 is 2.07 bits per heavy atom. The number of nitrogens with two attached hydrogens (primary N) is 1. The van der Waals surface area contributed by atoms with E-state index in [0.717, 1.165) is 0 Å². The number of sulfone groups is 1. The van der Waals surface area contributed by atoms with Gasteiger partial charge in [-0.2, -0.15) is 0 Å². The first-order chi connectivity index (χ1) is 6.97. The summed E-state index contributed by atoms with van der Waals surface area (Å²) in [6.07, 6.45) is 0.0244.